The molecule has 2 aromatic rings. The fourth-order valence-electron chi connectivity index (χ4n) is 3.67. The van der Waals surface area contributed by atoms with Gasteiger partial charge in [-0.15, -0.1) is 4.73 Å². The third kappa shape index (κ3) is 11.2. The first kappa shape index (κ1) is 32.0. The van der Waals surface area contributed by atoms with Crippen LogP contribution in [0.5, 0.6) is 23.3 Å². The van der Waals surface area contributed by atoms with Crippen LogP contribution in [-0.2, 0) is 14.4 Å². The molecule has 13 heteroatoms. The topological polar surface area (TPSA) is 176 Å². The first-order chi connectivity index (χ1) is 18.9. The quantitative estimate of drug-likeness (QED) is 0.107. The zero-order valence-corrected chi connectivity index (χ0v) is 23.1. The van der Waals surface area contributed by atoms with Crippen molar-refractivity contribution in [2.75, 3.05) is 40.8 Å². The predicted octanol–water partition coefficient (Wildman–Crippen LogP) is 1.10. The predicted molar refractivity (Wildman–Crippen MR) is 144 cm³/mol. The third-order valence-corrected chi connectivity index (χ3v) is 5.82. The van der Waals surface area contributed by atoms with Gasteiger partial charge >= 0.3 is 5.97 Å². The number of hydrogen-bond acceptors (Lipinski definition) is 9. The van der Waals surface area contributed by atoms with Gasteiger partial charge in [0.05, 0.1) is 39.9 Å². The first-order valence-electron chi connectivity index (χ1n) is 13.0. The fourth-order valence-corrected chi connectivity index (χ4v) is 3.67. The van der Waals surface area contributed by atoms with Crippen LogP contribution in [0.3, 0.4) is 0 Å². The van der Waals surface area contributed by atoms with Crippen LogP contribution in [0.1, 0.15) is 48.9 Å². The average molecular weight is 564 g/mol. The van der Waals surface area contributed by atoms with E-state index >= 15 is 0 Å². The second kappa shape index (κ2) is 15.4. The Morgan fingerprint density at radius 3 is 2.33 bits per heavy atom. The molecule has 40 heavy (non-hydrogen) atoms. The Morgan fingerprint density at radius 1 is 1.00 bits per heavy atom. The number of ether oxygens (including phenoxy) is 1. The van der Waals surface area contributed by atoms with Crippen molar-refractivity contribution < 1.29 is 48.6 Å². The number of carbonyl (C=O) groups is 4. The van der Waals surface area contributed by atoms with E-state index in [1.54, 1.807) is 6.07 Å². The molecule has 0 fully saturated rings. The first-order valence-corrected chi connectivity index (χ1v) is 13.0. The molecular weight excluding hydrogens is 524 g/mol. The lowest BCUT2D eigenvalue weighted by Gasteiger charge is -2.24. The number of carbonyl (C=O) groups excluding carboxylic acids is 4. The molecule has 0 aliphatic carbocycles. The summed E-state index contributed by atoms with van der Waals surface area (Å²) in [6, 6.07) is 5.76. The van der Waals surface area contributed by atoms with Gasteiger partial charge in [0.15, 0.2) is 6.29 Å². The fraction of sp³-hybridized carbons (Fsp3) is 0.481. The Balaban J connectivity index is 1.82. The molecule has 2 amide bonds. The molecule has 0 aliphatic heterocycles. The van der Waals surface area contributed by atoms with Crippen molar-refractivity contribution in [2.45, 2.75) is 44.6 Å². The number of phenolic OH excluding ortho intramolecular Hbond substituents is 1. The van der Waals surface area contributed by atoms with Crippen LogP contribution >= 0.6 is 0 Å². The average Bonchev–Trinajstić information content (AvgIpc) is 3.20. The normalized spacial score (nSPS) is 11.9. The Hall–Kier alpha value is -4.26. The molecule has 0 unspecified atom stereocenters. The van der Waals surface area contributed by atoms with Crippen LogP contribution in [0.2, 0.25) is 0 Å². The highest BCUT2D eigenvalue weighted by atomic mass is 16.7. The Morgan fingerprint density at radius 2 is 1.70 bits per heavy atom. The van der Waals surface area contributed by atoms with E-state index in [0.717, 1.165) is 29.6 Å². The number of benzene rings is 1. The van der Waals surface area contributed by atoms with Gasteiger partial charge in [-0.05, 0) is 44.2 Å². The molecule has 1 atom stereocenters. The van der Waals surface area contributed by atoms with Gasteiger partial charge in [-0.1, -0.05) is 0 Å². The molecule has 0 aliphatic rings. The van der Waals surface area contributed by atoms with Crippen molar-refractivity contribution in [3.05, 3.63) is 35.9 Å². The number of amides is 2. The molecule has 0 saturated carbocycles. The van der Waals surface area contributed by atoms with Crippen molar-refractivity contribution in [3.63, 3.8) is 0 Å². The number of unbranched alkanes of at least 4 members (excludes halogenated alkanes) is 2. The number of nitrogens with zero attached hydrogens (tertiary/aromatic N) is 2. The summed E-state index contributed by atoms with van der Waals surface area (Å²) in [6.07, 6.45) is 3.59. The van der Waals surface area contributed by atoms with Crippen molar-refractivity contribution in [1.82, 2.24) is 15.4 Å². The van der Waals surface area contributed by atoms with Crippen LogP contribution in [0.4, 0.5) is 0 Å². The Labute approximate surface area is 232 Å². The van der Waals surface area contributed by atoms with Gasteiger partial charge in [0, 0.05) is 24.6 Å². The second-order valence-electron chi connectivity index (χ2n) is 10.3. The summed E-state index contributed by atoms with van der Waals surface area (Å²) in [4.78, 5) is 53.1. The minimum Gasteiger partial charge on any atom is -0.507 e. The van der Waals surface area contributed by atoms with Crippen molar-refractivity contribution in [2.24, 2.45) is 0 Å². The number of aldehydes is 1. The lowest BCUT2D eigenvalue weighted by atomic mass is 10.1. The number of aromatic nitrogens is 1. The van der Waals surface area contributed by atoms with Gasteiger partial charge in [-0.25, -0.2) is 4.79 Å². The van der Waals surface area contributed by atoms with E-state index in [4.69, 9.17) is 9.57 Å². The molecule has 1 aromatic carbocycles. The van der Waals surface area contributed by atoms with E-state index in [1.165, 1.54) is 12.1 Å². The van der Waals surface area contributed by atoms with Crippen LogP contribution in [0, 0.1) is 0 Å². The van der Waals surface area contributed by atoms with Gasteiger partial charge < -0.3 is 40.0 Å². The highest BCUT2D eigenvalue weighted by Crippen LogP contribution is 2.22. The zero-order valence-electron chi connectivity index (χ0n) is 23.1. The smallest absolute Gasteiger partial charge is 0.352 e. The monoisotopic (exact) mass is 563 g/mol. The summed E-state index contributed by atoms with van der Waals surface area (Å²) in [5.74, 6) is -2.56. The van der Waals surface area contributed by atoms with E-state index in [-0.39, 0.29) is 30.2 Å². The number of quaternary nitrogens is 1. The van der Waals surface area contributed by atoms with Gasteiger partial charge in [0.25, 0.3) is 0 Å². The summed E-state index contributed by atoms with van der Waals surface area (Å²) in [6.45, 7) is 0.632. The van der Waals surface area contributed by atoms with Gasteiger partial charge in [0.1, 0.15) is 24.1 Å². The molecule has 0 saturated heterocycles. The number of hydrogen-bond donors (Lipinski definition) is 5. The molecular formula is C27H39N4O9+. The molecule has 13 nitrogen and oxygen atoms in total. The maximum atomic E-state index is 12.8. The van der Waals surface area contributed by atoms with Crippen LogP contribution in [0.15, 0.2) is 30.3 Å². The van der Waals surface area contributed by atoms with E-state index in [2.05, 4.69) is 31.8 Å². The molecule has 0 bridgehead atoms. The number of rotatable bonds is 17. The molecule has 1 aromatic heterocycles. The second-order valence-corrected chi connectivity index (χ2v) is 10.3. The van der Waals surface area contributed by atoms with Gasteiger partial charge in [-0.3, -0.25) is 14.4 Å². The molecule has 0 spiro atoms. The standard InChI is InChI=1S/C27H38N4O9/c1-31(2,3)14-6-4-8-21(27(38)28-17-26(37)40-30-24(35)12-13-25(30)36)29-23(34)9-5-7-15-39-20-11-10-19(18-32)22(33)16-20/h10-13,16,18,21H,4-9,14-15,17H2,1-3H3,(H4-,28,29,32,33,34,35,36,38)/p+1/t21-/m0/s1. The Kier molecular flexibility index (Phi) is 12.3. The molecule has 220 valence electrons. The van der Waals surface area contributed by atoms with E-state index in [9.17, 15) is 34.5 Å². The minimum absolute atomic E-state index is 0.148. The number of aromatic hydroxyl groups is 3. The lowest BCUT2D eigenvalue weighted by Crippen LogP contribution is -2.48. The number of phenols is 1. The van der Waals surface area contributed by atoms with Crippen LogP contribution < -0.4 is 20.2 Å². The molecule has 5 N–H and O–H groups in total. The third-order valence-electron chi connectivity index (χ3n) is 5.82. The summed E-state index contributed by atoms with van der Waals surface area (Å²) >= 11 is 0. The maximum Gasteiger partial charge on any atom is 0.352 e. The van der Waals surface area contributed by atoms with Gasteiger partial charge in [0.2, 0.25) is 23.6 Å². The lowest BCUT2D eigenvalue weighted by molar-refractivity contribution is -0.870. The van der Waals surface area contributed by atoms with Crippen molar-refractivity contribution in [1.29, 1.82) is 0 Å². The largest absolute Gasteiger partial charge is 0.507 e. The van der Waals surface area contributed by atoms with E-state index < -0.39 is 36.2 Å². The van der Waals surface area contributed by atoms with Crippen LogP contribution in [0.25, 0.3) is 0 Å². The van der Waals surface area contributed by atoms with E-state index in [0.29, 0.717) is 42.4 Å². The zero-order chi connectivity index (χ0) is 29.7. The summed E-state index contributed by atoms with van der Waals surface area (Å²) in [7, 11) is 6.18. The summed E-state index contributed by atoms with van der Waals surface area (Å²) in [5.41, 5.74) is 0.163. The SMILES string of the molecule is C[N+](C)(C)CCCC[C@H](NC(=O)CCCCOc1ccc(C=O)c(O)c1)C(=O)NCC(=O)On1c(O)ccc1O. The van der Waals surface area contributed by atoms with E-state index in [1.807, 2.05) is 0 Å². The van der Waals surface area contributed by atoms with Crippen molar-refractivity contribution >= 4 is 24.1 Å². The molecule has 2 rings (SSSR count). The summed E-state index contributed by atoms with van der Waals surface area (Å²) < 4.78 is 6.82. The number of nitrogens with one attached hydrogen (secondary N) is 2. The van der Waals surface area contributed by atoms with Gasteiger partial charge in [-0.2, -0.15) is 0 Å². The molecule has 0 radical (unpaired) electrons. The van der Waals surface area contributed by atoms with Crippen molar-refractivity contribution in [3.8, 4) is 23.3 Å². The highest BCUT2D eigenvalue weighted by molar-refractivity contribution is 5.89. The highest BCUT2D eigenvalue weighted by Gasteiger charge is 2.22. The Bertz CT molecular complexity index is 1140. The minimum atomic E-state index is -0.931. The summed E-state index contributed by atoms with van der Waals surface area (Å²) in [5, 5.41) is 34.0. The van der Waals surface area contributed by atoms with Crippen LogP contribution in [-0.4, -0.2) is 95.5 Å². The molecule has 1 heterocycles. The maximum absolute atomic E-state index is 12.8.